The van der Waals surface area contributed by atoms with Crippen LogP contribution in [0.3, 0.4) is 0 Å². The third-order valence-electron chi connectivity index (χ3n) is 0.940. The van der Waals surface area contributed by atoms with Crippen LogP contribution in [0.2, 0.25) is 0 Å². The zero-order valence-corrected chi connectivity index (χ0v) is 6.84. The van der Waals surface area contributed by atoms with E-state index in [9.17, 15) is 0 Å². The number of aromatic amines is 1. The van der Waals surface area contributed by atoms with Crippen LogP contribution < -0.4 is 0 Å². The van der Waals surface area contributed by atoms with Crippen LogP contribution in [-0.4, -0.2) is 10.5 Å². The minimum absolute atomic E-state index is 0. The minimum Gasteiger partial charge on any atom is -0.412 e. The Morgan fingerprint density at radius 3 is 1.45 bits per heavy atom. The summed E-state index contributed by atoms with van der Waals surface area (Å²) in [5.74, 6) is 0. The first kappa shape index (κ1) is 12.7. The van der Waals surface area contributed by atoms with Crippen LogP contribution in [0.5, 0.6) is 0 Å². The van der Waals surface area contributed by atoms with E-state index in [4.69, 9.17) is 0 Å². The second-order valence-electron chi connectivity index (χ2n) is 1.65. The lowest BCUT2D eigenvalue weighted by atomic mass is 10.5. The predicted octanol–water partition coefficient (Wildman–Crippen LogP) is 1.74. The van der Waals surface area contributed by atoms with E-state index in [-0.39, 0.29) is 17.9 Å². The van der Waals surface area contributed by atoms with Gasteiger partial charge in [0.25, 0.3) is 0 Å². The van der Waals surface area contributed by atoms with E-state index in [1.54, 1.807) is 0 Å². The summed E-state index contributed by atoms with van der Waals surface area (Å²) in [6, 6.07) is 11.8. The lowest BCUT2D eigenvalue weighted by Crippen LogP contribution is -1.52. The average molecular weight is 174 g/mol. The number of hydrogen-bond donors (Lipinski definition) is 1. The fourth-order valence-corrected chi connectivity index (χ4v) is 0.534. The topological polar surface area (TPSA) is 47.3 Å². The van der Waals surface area contributed by atoms with E-state index in [0.29, 0.717) is 0 Å². The number of nitrogens with one attached hydrogen (secondary N) is 1. The Bertz CT molecular complexity index is 136. The molecule has 0 atom stereocenters. The van der Waals surface area contributed by atoms with Crippen LogP contribution in [0.4, 0.5) is 0 Å². The van der Waals surface area contributed by atoms with Gasteiger partial charge in [0.15, 0.2) is 0 Å². The molecular weight excluding hydrogens is 162 g/mol. The molecule has 1 heterocycles. The van der Waals surface area contributed by atoms with Crippen LogP contribution >= 0.6 is 12.4 Å². The average Bonchev–Trinajstić information content (AvgIpc) is 2.00. The van der Waals surface area contributed by atoms with Crippen LogP contribution in [0.15, 0.2) is 48.8 Å². The SMILES string of the molecule is Cl.O.c1cccc[nH]ccc1. The molecule has 0 saturated heterocycles. The van der Waals surface area contributed by atoms with Gasteiger partial charge >= 0.3 is 0 Å². The Labute approximate surface area is 72.3 Å². The molecular formula is C8H12ClNO. The second-order valence-corrected chi connectivity index (χ2v) is 1.65. The highest BCUT2D eigenvalue weighted by Gasteiger charge is 1.57. The monoisotopic (exact) mass is 173 g/mol. The molecule has 0 aromatic carbocycles. The maximum atomic E-state index is 2.96. The molecule has 11 heavy (non-hydrogen) atoms. The van der Waals surface area contributed by atoms with Gasteiger partial charge in [-0.05, 0) is 12.1 Å². The van der Waals surface area contributed by atoms with Gasteiger partial charge in [-0.25, -0.2) is 0 Å². The second kappa shape index (κ2) is 9.01. The fraction of sp³-hybridized carbons (Fsp3) is 0. The van der Waals surface area contributed by atoms with E-state index < -0.39 is 0 Å². The lowest BCUT2D eigenvalue weighted by Gasteiger charge is -1.65. The van der Waals surface area contributed by atoms with Gasteiger partial charge in [0.05, 0.1) is 0 Å². The van der Waals surface area contributed by atoms with Crippen LogP contribution in [0, 0.1) is 0 Å². The van der Waals surface area contributed by atoms with E-state index in [0.717, 1.165) is 0 Å². The number of H-pyrrole nitrogens is 1. The van der Waals surface area contributed by atoms with Gasteiger partial charge in [-0.3, -0.25) is 0 Å². The van der Waals surface area contributed by atoms with Crippen molar-refractivity contribution in [1.82, 2.24) is 4.98 Å². The highest BCUT2D eigenvalue weighted by molar-refractivity contribution is 5.85. The Morgan fingerprint density at radius 1 is 0.636 bits per heavy atom. The van der Waals surface area contributed by atoms with Gasteiger partial charge in [0.2, 0.25) is 0 Å². The minimum atomic E-state index is 0. The summed E-state index contributed by atoms with van der Waals surface area (Å²) in [5, 5.41) is 0. The standard InChI is InChI=1S/C8H9N.ClH.H2O/c1-2-4-6-8-9-7-5-3-1;;/h1-9H;1H;1H2. The number of rotatable bonds is 0. The Kier molecular flexibility index (Phi) is 10.4. The van der Waals surface area contributed by atoms with E-state index in [1.165, 1.54) is 0 Å². The summed E-state index contributed by atoms with van der Waals surface area (Å²) in [4.78, 5) is 2.96. The van der Waals surface area contributed by atoms with Crippen molar-refractivity contribution in [2.45, 2.75) is 0 Å². The molecule has 0 spiro atoms. The molecule has 0 saturated carbocycles. The van der Waals surface area contributed by atoms with Crippen LogP contribution in [0.25, 0.3) is 0 Å². The predicted molar refractivity (Wildman–Crippen MR) is 49.3 cm³/mol. The lowest BCUT2D eigenvalue weighted by molar-refractivity contribution is 0.824. The molecule has 1 aromatic rings. The summed E-state index contributed by atoms with van der Waals surface area (Å²) in [7, 11) is 0. The van der Waals surface area contributed by atoms with Gasteiger partial charge in [0.1, 0.15) is 0 Å². The Morgan fingerprint density at radius 2 is 1.00 bits per heavy atom. The smallest absolute Gasteiger partial charge is 0.000442 e. The zero-order chi connectivity index (χ0) is 6.36. The first-order valence-corrected chi connectivity index (χ1v) is 2.91. The van der Waals surface area contributed by atoms with Gasteiger partial charge in [-0.15, -0.1) is 12.4 Å². The van der Waals surface area contributed by atoms with E-state index in [2.05, 4.69) is 4.98 Å². The molecule has 0 radical (unpaired) electrons. The molecule has 3 heteroatoms. The largest absolute Gasteiger partial charge is 0.412 e. The normalized spacial score (nSPS) is 6.55. The highest BCUT2D eigenvalue weighted by atomic mass is 35.5. The van der Waals surface area contributed by atoms with E-state index in [1.807, 2.05) is 48.8 Å². The van der Waals surface area contributed by atoms with Gasteiger partial charge in [0, 0.05) is 12.4 Å². The van der Waals surface area contributed by atoms with Crippen molar-refractivity contribution in [1.29, 1.82) is 0 Å². The molecule has 3 N–H and O–H groups in total. The van der Waals surface area contributed by atoms with Gasteiger partial charge in [-0.2, -0.15) is 0 Å². The summed E-state index contributed by atoms with van der Waals surface area (Å²) >= 11 is 0. The molecule has 0 unspecified atom stereocenters. The molecule has 1 rings (SSSR count). The molecule has 62 valence electrons. The van der Waals surface area contributed by atoms with Crippen molar-refractivity contribution >= 4 is 12.4 Å². The van der Waals surface area contributed by atoms with Crippen molar-refractivity contribution in [3.05, 3.63) is 48.8 Å². The molecule has 0 fully saturated rings. The Hall–Kier alpha value is -0.990. The van der Waals surface area contributed by atoms with Gasteiger partial charge in [-0.1, -0.05) is 24.3 Å². The molecule has 2 nitrogen and oxygen atoms in total. The highest BCUT2D eigenvalue weighted by Crippen LogP contribution is 1.76. The molecule has 1 aromatic heterocycles. The van der Waals surface area contributed by atoms with Crippen LogP contribution in [0.1, 0.15) is 0 Å². The summed E-state index contributed by atoms with van der Waals surface area (Å²) in [6.07, 6.45) is 3.75. The van der Waals surface area contributed by atoms with Crippen molar-refractivity contribution in [3.63, 3.8) is 0 Å². The first-order chi connectivity index (χ1) is 4.50. The molecule has 0 aliphatic carbocycles. The first-order valence-electron chi connectivity index (χ1n) is 2.91. The van der Waals surface area contributed by atoms with E-state index >= 15 is 0 Å². The van der Waals surface area contributed by atoms with Crippen molar-refractivity contribution < 1.29 is 5.48 Å². The summed E-state index contributed by atoms with van der Waals surface area (Å²) in [6.45, 7) is 0. The number of aromatic nitrogens is 1. The molecule has 0 bridgehead atoms. The van der Waals surface area contributed by atoms with Crippen LogP contribution in [-0.2, 0) is 0 Å². The number of hydrogen-bond acceptors (Lipinski definition) is 0. The molecule has 0 amide bonds. The Balaban J connectivity index is 0. The van der Waals surface area contributed by atoms with Gasteiger partial charge < -0.3 is 10.5 Å². The van der Waals surface area contributed by atoms with Crippen molar-refractivity contribution in [2.24, 2.45) is 0 Å². The molecule has 0 aliphatic heterocycles. The summed E-state index contributed by atoms with van der Waals surface area (Å²) in [5.41, 5.74) is 0. The quantitative estimate of drug-likeness (QED) is 0.622. The van der Waals surface area contributed by atoms with Crippen molar-refractivity contribution in [2.75, 3.05) is 0 Å². The fourth-order valence-electron chi connectivity index (χ4n) is 0.534. The van der Waals surface area contributed by atoms with Crippen molar-refractivity contribution in [3.8, 4) is 0 Å². The number of halogens is 1. The maximum absolute atomic E-state index is 2.96. The maximum Gasteiger partial charge on any atom is 0.000442 e. The summed E-state index contributed by atoms with van der Waals surface area (Å²) < 4.78 is 0. The molecule has 0 aliphatic rings. The third kappa shape index (κ3) is 6.90. The third-order valence-corrected chi connectivity index (χ3v) is 0.940. The zero-order valence-electron chi connectivity index (χ0n) is 6.03.